The van der Waals surface area contributed by atoms with Gasteiger partial charge in [0.1, 0.15) is 0 Å². The fourth-order valence-corrected chi connectivity index (χ4v) is 7.27. The molecule has 0 radical (unpaired) electrons. The molecule has 1 aliphatic heterocycles. The largest absolute Gasteiger partial charge is 0.316 e. The summed E-state index contributed by atoms with van der Waals surface area (Å²) in [6.45, 7) is 2.55. The van der Waals surface area contributed by atoms with E-state index in [0.717, 1.165) is 34.2 Å². The first-order chi connectivity index (χ1) is 8.88. The van der Waals surface area contributed by atoms with Gasteiger partial charge in [0, 0.05) is 17.0 Å². The fraction of sp³-hybridized carbons (Fsp3) is 1.00. The first-order valence-corrected chi connectivity index (χ1v) is 9.19. The minimum absolute atomic E-state index is 0.926. The molecule has 18 heavy (non-hydrogen) atoms. The summed E-state index contributed by atoms with van der Waals surface area (Å²) in [6.07, 6.45) is 12.3. The Balaban J connectivity index is 1.42. The molecular weight excluding hydrogens is 238 g/mol. The van der Waals surface area contributed by atoms with Gasteiger partial charge in [0.15, 0.2) is 0 Å². The van der Waals surface area contributed by atoms with Crippen molar-refractivity contribution in [3.63, 3.8) is 0 Å². The van der Waals surface area contributed by atoms with Crippen molar-refractivity contribution < 1.29 is 0 Å². The molecule has 5 aliphatic rings. The zero-order chi connectivity index (χ0) is 11.9. The van der Waals surface area contributed by atoms with Gasteiger partial charge in [-0.05, 0) is 75.2 Å². The van der Waals surface area contributed by atoms with E-state index in [1.807, 2.05) is 0 Å². The lowest BCUT2D eigenvalue weighted by Gasteiger charge is -2.54. The second-order valence-corrected chi connectivity index (χ2v) is 8.84. The first kappa shape index (κ1) is 12.1. The van der Waals surface area contributed by atoms with Gasteiger partial charge in [-0.3, -0.25) is 0 Å². The van der Waals surface area contributed by atoms with Crippen LogP contribution in [-0.4, -0.2) is 23.6 Å². The summed E-state index contributed by atoms with van der Waals surface area (Å²) < 4.78 is 0. The van der Waals surface area contributed by atoms with Crippen LogP contribution in [0.15, 0.2) is 0 Å². The summed E-state index contributed by atoms with van der Waals surface area (Å²) in [5, 5.41) is 5.62. The van der Waals surface area contributed by atoms with Crippen LogP contribution in [0.2, 0.25) is 0 Å². The first-order valence-electron chi connectivity index (χ1n) is 8.24. The second kappa shape index (κ2) is 5.01. The van der Waals surface area contributed by atoms with Crippen molar-refractivity contribution in [2.24, 2.45) is 23.7 Å². The van der Waals surface area contributed by atoms with Crippen LogP contribution >= 0.6 is 11.8 Å². The summed E-state index contributed by atoms with van der Waals surface area (Å²) in [5.41, 5.74) is 0. The standard InChI is InChI=1S/C16H27NS/c1-2-4-17-10-15(3-1)18-16-13-6-11-5-12(8-13)9-14(16)7-11/h11-17H,1-10H2. The molecule has 1 saturated heterocycles. The smallest absolute Gasteiger partial charge is 0.0175 e. The van der Waals surface area contributed by atoms with Gasteiger partial charge in [-0.1, -0.05) is 6.42 Å². The van der Waals surface area contributed by atoms with E-state index in [9.17, 15) is 0 Å². The second-order valence-electron chi connectivity index (χ2n) is 7.35. The number of nitrogens with one attached hydrogen (secondary N) is 1. The van der Waals surface area contributed by atoms with Crippen LogP contribution in [-0.2, 0) is 0 Å². The van der Waals surface area contributed by atoms with Crippen molar-refractivity contribution in [2.45, 2.75) is 61.9 Å². The number of hydrogen-bond donors (Lipinski definition) is 1. The van der Waals surface area contributed by atoms with E-state index in [1.54, 1.807) is 32.1 Å². The normalized spacial score (nSPS) is 51.3. The van der Waals surface area contributed by atoms with Gasteiger partial charge >= 0.3 is 0 Å². The van der Waals surface area contributed by atoms with E-state index >= 15 is 0 Å². The van der Waals surface area contributed by atoms with Gasteiger partial charge in [0.25, 0.3) is 0 Å². The average molecular weight is 265 g/mol. The van der Waals surface area contributed by atoms with Crippen LogP contribution in [0.5, 0.6) is 0 Å². The van der Waals surface area contributed by atoms with E-state index in [2.05, 4.69) is 17.1 Å². The van der Waals surface area contributed by atoms with Crippen LogP contribution in [0.1, 0.15) is 51.4 Å². The molecule has 0 aromatic carbocycles. The van der Waals surface area contributed by atoms with E-state index in [-0.39, 0.29) is 0 Å². The Bertz CT molecular complexity index is 267. The van der Waals surface area contributed by atoms with Crippen LogP contribution in [0.3, 0.4) is 0 Å². The molecule has 1 atom stereocenters. The zero-order valence-electron chi connectivity index (χ0n) is 11.4. The highest BCUT2D eigenvalue weighted by Gasteiger charge is 2.48. The summed E-state index contributed by atoms with van der Waals surface area (Å²) in [6, 6.07) is 0. The lowest BCUT2D eigenvalue weighted by atomic mass is 9.56. The average Bonchev–Trinajstić information content (AvgIpc) is 2.61. The quantitative estimate of drug-likeness (QED) is 0.817. The van der Waals surface area contributed by atoms with E-state index in [0.29, 0.717) is 0 Å². The predicted molar refractivity (Wildman–Crippen MR) is 78.9 cm³/mol. The topological polar surface area (TPSA) is 12.0 Å². The number of hydrogen-bond acceptors (Lipinski definition) is 2. The molecule has 5 fully saturated rings. The number of thioether (sulfide) groups is 1. The maximum Gasteiger partial charge on any atom is 0.0175 e. The molecule has 5 rings (SSSR count). The van der Waals surface area contributed by atoms with E-state index in [1.165, 1.54) is 32.4 Å². The molecule has 102 valence electrons. The third-order valence-electron chi connectivity index (χ3n) is 5.99. The van der Waals surface area contributed by atoms with Crippen molar-refractivity contribution in [3.05, 3.63) is 0 Å². The summed E-state index contributed by atoms with van der Waals surface area (Å²) in [7, 11) is 0. The molecule has 0 spiro atoms. The summed E-state index contributed by atoms with van der Waals surface area (Å²) in [4.78, 5) is 0. The molecule has 4 bridgehead atoms. The van der Waals surface area contributed by atoms with Gasteiger partial charge in [-0.2, -0.15) is 11.8 Å². The van der Waals surface area contributed by atoms with E-state index < -0.39 is 0 Å². The van der Waals surface area contributed by atoms with Crippen molar-refractivity contribution in [1.29, 1.82) is 0 Å². The van der Waals surface area contributed by atoms with Crippen molar-refractivity contribution in [3.8, 4) is 0 Å². The zero-order valence-corrected chi connectivity index (χ0v) is 12.3. The SMILES string of the molecule is C1CCC(SC2C3CC4CC(C3)CC2C4)CNC1. The van der Waals surface area contributed by atoms with Gasteiger partial charge in [-0.15, -0.1) is 0 Å². The highest BCUT2D eigenvalue weighted by Crippen LogP contribution is 2.57. The van der Waals surface area contributed by atoms with Gasteiger partial charge in [-0.25, -0.2) is 0 Å². The van der Waals surface area contributed by atoms with Crippen LogP contribution < -0.4 is 5.32 Å². The summed E-state index contributed by atoms with van der Waals surface area (Å²) in [5.74, 6) is 4.48. The Hall–Kier alpha value is 0.310. The van der Waals surface area contributed by atoms with Gasteiger partial charge in [0.05, 0.1) is 0 Å². The molecule has 1 N–H and O–H groups in total. The molecule has 4 saturated carbocycles. The Morgan fingerprint density at radius 3 is 2.28 bits per heavy atom. The van der Waals surface area contributed by atoms with Crippen LogP contribution in [0.25, 0.3) is 0 Å². The monoisotopic (exact) mass is 265 g/mol. The summed E-state index contributed by atoms with van der Waals surface area (Å²) >= 11 is 2.41. The van der Waals surface area contributed by atoms with Crippen LogP contribution in [0, 0.1) is 23.7 Å². The minimum Gasteiger partial charge on any atom is -0.316 e. The molecule has 4 aliphatic carbocycles. The molecule has 0 aromatic rings. The predicted octanol–water partition coefficient (Wildman–Crippen LogP) is 3.69. The Kier molecular flexibility index (Phi) is 3.36. The molecule has 1 unspecified atom stereocenters. The maximum absolute atomic E-state index is 3.65. The van der Waals surface area contributed by atoms with Crippen molar-refractivity contribution in [2.75, 3.05) is 13.1 Å². The lowest BCUT2D eigenvalue weighted by molar-refractivity contribution is 0.0265. The molecule has 0 aromatic heterocycles. The van der Waals surface area contributed by atoms with Crippen molar-refractivity contribution in [1.82, 2.24) is 5.32 Å². The highest BCUT2D eigenvalue weighted by atomic mass is 32.2. The van der Waals surface area contributed by atoms with E-state index in [4.69, 9.17) is 0 Å². The lowest BCUT2D eigenvalue weighted by Crippen LogP contribution is -2.47. The maximum atomic E-state index is 3.65. The Morgan fingerprint density at radius 1 is 0.833 bits per heavy atom. The highest BCUT2D eigenvalue weighted by molar-refractivity contribution is 8.00. The fourth-order valence-electron chi connectivity index (χ4n) is 5.42. The molecule has 0 amide bonds. The number of rotatable bonds is 2. The Labute approximate surface area is 116 Å². The van der Waals surface area contributed by atoms with Crippen LogP contribution in [0.4, 0.5) is 0 Å². The van der Waals surface area contributed by atoms with Gasteiger partial charge in [0.2, 0.25) is 0 Å². The third-order valence-corrected chi connectivity index (χ3v) is 7.86. The third kappa shape index (κ3) is 2.24. The van der Waals surface area contributed by atoms with Gasteiger partial charge < -0.3 is 5.32 Å². The van der Waals surface area contributed by atoms with Crippen molar-refractivity contribution >= 4 is 11.8 Å². The molecule has 2 heteroatoms. The Morgan fingerprint density at radius 2 is 1.56 bits per heavy atom. The molecule has 1 heterocycles. The molecule has 1 nitrogen and oxygen atoms in total. The molecular formula is C16H27NS. The minimum atomic E-state index is 0.926.